The van der Waals surface area contributed by atoms with Crippen molar-refractivity contribution in [3.8, 4) is 0 Å². The number of nitrogens with two attached hydrogens (primary N) is 1. The van der Waals surface area contributed by atoms with Crippen LogP contribution in [0.2, 0.25) is 0 Å². The maximum atomic E-state index is 6.25. The fourth-order valence-corrected chi connectivity index (χ4v) is 4.31. The molecule has 4 nitrogen and oxygen atoms in total. The van der Waals surface area contributed by atoms with Gasteiger partial charge in [0.25, 0.3) is 0 Å². The number of fused-ring (bicyclic) bond motifs is 3. The molecule has 0 aliphatic heterocycles. The van der Waals surface area contributed by atoms with Gasteiger partial charge in [0.15, 0.2) is 5.82 Å². The third-order valence-corrected chi connectivity index (χ3v) is 5.15. The number of nitrogens with zero attached hydrogens (tertiary/aromatic N) is 2. The van der Waals surface area contributed by atoms with Crippen LogP contribution in [-0.2, 0) is 17.6 Å². The second kappa shape index (κ2) is 5.21. The first-order chi connectivity index (χ1) is 9.91. The van der Waals surface area contributed by atoms with Gasteiger partial charge >= 0.3 is 0 Å². The minimum absolute atomic E-state index is 0.0594. The van der Waals surface area contributed by atoms with E-state index in [-0.39, 0.29) is 11.5 Å². The highest BCUT2D eigenvalue weighted by Gasteiger charge is 2.31. The normalized spacial score (nSPS) is 16.4. The highest BCUT2D eigenvalue weighted by Crippen LogP contribution is 2.41. The maximum absolute atomic E-state index is 6.25. The molecule has 0 aromatic carbocycles. The van der Waals surface area contributed by atoms with Gasteiger partial charge < -0.3 is 10.5 Å². The highest BCUT2D eigenvalue weighted by atomic mass is 32.1. The smallest absolute Gasteiger partial charge is 0.161 e. The molecule has 0 amide bonds. The topological polar surface area (TPSA) is 61.0 Å². The van der Waals surface area contributed by atoms with Crippen molar-refractivity contribution in [2.24, 2.45) is 5.41 Å². The summed E-state index contributed by atoms with van der Waals surface area (Å²) in [6.45, 7) is 9.08. The maximum Gasteiger partial charge on any atom is 0.161 e. The van der Waals surface area contributed by atoms with Crippen molar-refractivity contribution in [1.82, 2.24) is 9.97 Å². The number of hydrogen-bond acceptors (Lipinski definition) is 5. The van der Waals surface area contributed by atoms with E-state index in [0.29, 0.717) is 18.2 Å². The molecule has 1 aliphatic carbocycles. The van der Waals surface area contributed by atoms with Crippen molar-refractivity contribution < 1.29 is 4.74 Å². The Hall–Kier alpha value is -1.20. The lowest BCUT2D eigenvalue weighted by atomic mass is 9.88. The summed E-state index contributed by atoms with van der Waals surface area (Å²) in [6.07, 6.45) is 3.35. The molecule has 2 aromatic rings. The zero-order valence-electron chi connectivity index (χ0n) is 13.2. The van der Waals surface area contributed by atoms with Gasteiger partial charge in [-0.05, 0) is 37.2 Å². The van der Waals surface area contributed by atoms with Gasteiger partial charge in [-0.1, -0.05) is 20.8 Å². The number of rotatable bonds is 3. The SMILES string of the molecule is CCOC(c1nc(N)c2c3c(sc2n1)CCC3)C(C)(C)C. The Morgan fingerprint density at radius 2 is 2.05 bits per heavy atom. The van der Waals surface area contributed by atoms with Gasteiger partial charge in [0.2, 0.25) is 0 Å². The molecular formula is C16H23N3OS. The molecule has 2 N–H and O–H groups in total. The predicted octanol–water partition coefficient (Wildman–Crippen LogP) is 3.89. The number of ether oxygens (including phenoxy) is 1. The highest BCUT2D eigenvalue weighted by molar-refractivity contribution is 7.19. The van der Waals surface area contributed by atoms with Crippen LogP contribution in [0.4, 0.5) is 5.82 Å². The van der Waals surface area contributed by atoms with E-state index in [2.05, 4.69) is 25.8 Å². The summed E-state index contributed by atoms with van der Waals surface area (Å²) in [4.78, 5) is 11.8. The molecule has 1 unspecified atom stereocenters. The fourth-order valence-electron chi connectivity index (χ4n) is 3.04. The van der Waals surface area contributed by atoms with Crippen molar-refractivity contribution in [2.75, 3.05) is 12.3 Å². The van der Waals surface area contributed by atoms with Crippen molar-refractivity contribution in [3.05, 3.63) is 16.3 Å². The number of anilines is 1. The van der Waals surface area contributed by atoms with Crippen LogP contribution in [0.3, 0.4) is 0 Å². The molecule has 2 aromatic heterocycles. The van der Waals surface area contributed by atoms with Crippen LogP contribution >= 0.6 is 11.3 Å². The summed E-state index contributed by atoms with van der Waals surface area (Å²) < 4.78 is 5.90. The van der Waals surface area contributed by atoms with E-state index < -0.39 is 0 Å². The molecule has 1 atom stereocenters. The number of nitrogen functional groups attached to an aromatic ring is 1. The lowest BCUT2D eigenvalue weighted by molar-refractivity contribution is -0.0187. The van der Waals surface area contributed by atoms with Crippen molar-refractivity contribution in [2.45, 2.75) is 53.1 Å². The van der Waals surface area contributed by atoms with E-state index in [0.717, 1.165) is 23.1 Å². The van der Waals surface area contributed by atoms with E-state index in [1.807, 2.05) is 6.92 Å². The third kappa shape index (κ3) is 2.53. The van der Waals surface area contributed by atoms with E-state index in [1.54, 1.807) is 11.3 Å². The molecule has 5 heteroatoms. The molecule has 21 heavy (non-hydrogen) atoms. The minimum Gasteiger partial charge on any atom is -0.383 e. The summed E-state index contributed by atoms with van der Waals surface area (Å²) in [6, 6.07) is 0. The van der Waals surface area contributed by atoms with E-state index >= 15 is 0 Å². The Morgan fingerprint density at radius 3 is 2.71 bits per heavy atom. The molecule has 1 aliphatic rings. The van der Waals surface area contributed by atoms with Gasteiger partial charge in [-0.2, -0.15) is 0 Å². The van der Waals surface area contributed by atoms with Gasteiger partial charge in [0.1, 0.15) is 16.8 Å². The summed E-state index contributed by atoms with van der Waals surface area (Å²) in [7, 11) is 0. The standard InChI is InChI=1S/C16H23N3OS/c1-5-20-12(16(2,3)4)14-18-13(17)11-9-7-6-8-10(9)21-15(11)19-14/h12H,5-8H2,1-4H3,(H2,17,18,19). The molecule has 2 heterocycles. The fraction of sp³-hybridized carbons (Fsp3) is 0.625. The Morgan fingerprint density at radius 1 is 1.29 bits per heavy atom. The lowest BCUT2D eigenvalue weighted by Crippen LogP contribution is -2.24. The Kier molecular flexibility index (Phi) is 3.66. The van der Waals surface area contributed by atoms with Gasteiger partial charge in [-0.15, -0.1) is 11.3 Å². The number of aromatic nitrogens is 2. The monoisotopic (exact) mass is 305 g/mol. The molecule has 3 rings (SSSR count). The Bertz CT molecular complexity index is 672. The summed E-state index contributed by atoms with van der Waals surface area (Å²) in [5, 5.41) is 1.08. The molecule has 0 saturated carbocycles. The van der Waals surface area contributed by atoms with Crippen molar-refractivity contribution >= 4 is 27.4 Å². The molecule has 0 saturated heterocycles. The Balaban J connectivity index is 2.12. The molecule has 0 bridgehead atoms. The first-order valence-corrected chi connectivity index (χ1v) is 8.42. The van der Waals surface area contributed by atoms with Crippen LogP contribution in [0.5, 0.6) is 0 Å². The molecule has 0 radical (unpaired) electrons. The zero-order valence-corrected chi connectivity index (χ0v) is 14.0. The van der Waals surface area contributed by atoms with E-state index in [1.165, 1.54) is 16.9 Å². The number of hydrogen-bond donors (Lipinski definition) is 1. The van der Waals surface area contributed by atoms with Crippen molar-refractivity contribution in [3.63, 3.8) is 0 Å². The van der Waals surface area contributed by atoms with Crippen LogP contribution in [0.1, 0.15) is 56.5 Å². The first kappa shape index (κ1) is 14.7. The van der Waals surface area contributed by atoms with Crippen molar-refractivity contribution in [1.29, 1.82) is 0 Å². The first-order valence-electron chi connectivity index (χ1n) is 7.61. The van der Waals surface area contributed by atoms with Gasteiger partial charge in [0.05, 0.1) is 5.39 Å². The predicted molar refractivity (Wildman–Crippen MR) is 87.7 cm³/mol. The third-order valence-electron chi connectivity index (χ3n) is 3.96. The largest absolute Gasteiger partial charge is 0.383 e. The average molecular weight is 305 g/mol. The molecule has 0 fully saturated rings. The second-order valence-electron chi connectivity index (χ2n) is 6.71. The van der Waals surface area contributed by atoms with E-state index in [9.17, 15) is 0 Å². The summed E-state index contributed by atoms with van der Waals surface area (Å²) >= 11 is 1.77. The van der Waals surface area contributed by atoms with Gasteiger partial charge in [-0.3, -0.25) is 0 Å². The number of thiophene rings is 1. The zero-order chi connectivity index (χ0) is 15.2. The van der Waals surface area contributed by atoms with Gasteiger partial charge in [-0.25, -0.2) is 9.97 Å². The van der Waals surface area contributed by atoms with Crippen LogP contribution in [-0.4, -0.2) is 16.6 Å². The van der Waals surface area contributed by atoms with Crippen LogP contribution in [0, 0.1) is 5.41 Å². The summed E-state index contributed by atoms with van der Waals surface area (Å²) in [5.74, 6) is 1.33. The lowest BCUT2D eigenvalue weighted by Gasteiger charge is -2.29. The summed E-state index contributed by atoms with van der Waals surface area (Å²) in [5.41, 5.74) is 7.57. The minimum atomic E-state index is -0.133. The van der Waals surface area contributed by atoms with Crippen LogP contribution in [0.15, 0.2) is 0 Å². The Labute approximate surface area is 129 Å². The van der Waals surface area contributed by atoms with Gasteiger partial charge in [0, 0.05) is 11.5 Å². The quantitative estimate of drug-likeness (QED) is 0.934. The molecule has 114 valence electrons. The number of aryl methyl sites for hydroxylation is 2. The van der Waals surface area contributed by atoms with Crippen LogP contribution in [0.25, 0.3) is 10.2 Å². The van der Waals surface area contributed by atoms with Crippen LogP contribution < -0.4 is 5.73 Å². The van der Waals surface area contributed by atoms with E-state index in [4.69, 9.17) is 15.5 Å². The second-order valence-corrected chi connectivity index (χ2v) is 7.79. The molecular weight excluding hydrogens is 282 g/mol. The average Bonchev–Trinajstić information content (AvgIpc) is 2.93. The molecule has 0 spiro atoms.